The Balaban J connectivity index is 2.35. The van der Waals surface area contributed by atoms with Gasteiger partial charge >= 0.3 is 0 Å². The van der Waals surface area contributed by atoms with Crippen molar-refractivity contribution in [2.75, 3.05) is 39.5 Å². The molecule has 0 aromatic rings. The lowest BCUT2D eigenvalue weighted by molar-refractivity contribution is 0.0286. The second kappa shape index (κ2) is 6.68. The number of likely N-dealkylation sites (N-methyl/N-ethyl adjacent to an activating group) is 1. The summed E-state index contributed by atoms with van der Waals surface area (Å²) in [7, 11) is -1.15. The molecule has 2 unspecified atom stereocenters. The molecular weight excluding hydrogens is 240 g/mol. The Hall–Kier alpha value is -0.170. The number of ether oxygens (including phenoxy) is 1. The molecule has 1 fully saturated rings. The largest absolute Gasteiger partial charge is 0.377 e. The summed E-state index contributed by atoms with van der Waals surface area (Å²) < 4.78 is 30.2. The lowest BCUT2D eigenvalue weighted by Gasteiger charge is -2.31. The molecule has 2 atom stereocenters. The number of sulfonamides is 1. The zero-order valence-electron chi connectivity index (χ0n) is 11.0. The van der Waals surface area contributed by atoms with E-state index in [-0.39, 0.29) is 6.10 Å². The Bertz CT molecular complexity index is 319. The predicted octanol–water partition coefficient (Wildman–Crippen LogP) is 0.283. The van der Waals surface area contributed by atoms with Gasteiger partial charge in [0.15, 0.2) is 0 Å². The Morgan fingerprint density at radius 3 is 2.82 bits per heavy atom. The average Bonchev–Trinajstić information content (AvgIpc) is 2.26. The van der Waals surface area contributed by atoms with Crippen molar-refractivity contribution >= 4 is 10.0 Å². The molecule has 1 rings (SSSR count). The number of nitrogens with one attached hydrogen (secondary N) is 1. The van der Waals surface area contributed by atoms with Crippen LogP contribution in [0.25, 0.3) is 0 Å². The minimum absolute atomic E-state index is 0.175. The third-order valence-electron chi connectivity index (χ3n) is 3.06. The maximum Gasteiger partial charge on any atom is 0.211 e. The summed E-state index contributed by atoms with van der Waals surface area (Å²) in [5.41, 5.74) is 0. The van der Waals surface area contributed by atoms with Crippen LogP contribution in [-0.4, -0.2) is 58.4 Å². The molecule has 17 heavy (non-hydrogen) atoms. The Morgan fingerprint density at radius 2 is 2.24 bits per heavy atom. The first kappa shape index (κ1) is 14.9. The lowest BCUT2D eigenvalue weighted by Crippen LogP contribution is -2.41. The molecular formula is C11H24N2O3S. The fourth-order valence-electron chi connectivity index (χ4n) is 2.11. The molecule has 1 aliphatic heterocycles. The van der Waals surface area contributed by atoms with Gasteiger partial charge in [-0.3, -0.25) is 0 Å². The summed E-state index contributed by atoms with van der Waals surface area (Å²) in [6.07, 6.45) is 3.44. The van der Waals surface area contributed by atoms with E-state index in [1.165, 1.54) is 6.26 Å². The van der Waals surface area contributed by atoms with E-state index in [4.69, 9.17) is 4.74 Å². The van der Waals surface area contributed by atoms with E-state index in [2.05, 4.69) is 5.32 Å². The van der Waals surface area contributed by atoms with Gasteiger partial charge in [-0.25, -0.2) is 12.7 Å². The molecule has 1 N–H and O–H groups in total. The lowest BCUT2D eigenvalue weighted by atomic mass is 10.0. The summed E-state index contributed by atoms with van der Waals surface area (Å²) in [6.45, 7) is 4.75. The van der Waals surface area contributed by atoms with Crippen molar-refractivity contribution in [3.8, 4) is 0 Å². The summed E-state index contributed by atoms with van der Waals surface area (Å²) in [5.74, 6) is 0.331. The second-order valence-electron chi connectivity index (χ2n) is 4.83. The first-order valence-corrected chi connectivity index (χ1v) is 7.99. The van der Waals surface area contributed by atoms with Crippen molar-refractivity contribution in [1.82, 2.24) is 9.62 Å². The van der Waals surface area contributed by atoms with Crippen LogP contribution >= 0.6 is 0 Å². The molecule has 0 saturated carbocycles. The monoisotopic (exact) mass is 264 g/mol. The highest BCUT2D eigenvalue weighted by Crippen LogP contribution is 2.19. The highest BCUT2D eigenvalue weighted by molar-refractivity contribution is 7.88. The van der Waals surface area contributed by atoms with Crippen LogP contribution in [0.5, 0.6) is 0 Å². The summed E-state index contributed by atoms with van der Waals surface area (Å²) >= 11 is 0. The van der Waals surface area contributed by atoms with Crippen molar-refractivity contribution < 1.29 is 13.2 Å². The van der Waals surface area contributed by atoms with Gasteiger partial charge in [0.25, 0.3) is 0 Å². The third-order valence-corrected chi connectivity index (χ3v) is 4.33. The maximum atomic E-state index is 11.4. The SMILES string of the molecule is CNCC(C)OCC1CCCN(S(C)(=O)=O)C1. The van der Waals surface area contributed by atoms with Crippen LogP contribution in [0.3, 0.4) is 0 Å². The van der Waals surface area contributed by atoms with Gasteiger partial charge in [-0.15, -0.1) is 0 Å². The number of rotatable bonds is 6. The first-order valence-electron chi connectivity index (χ1n) is 6.14. The van der Waals surface area contributed by atoms with Gasteiger partial charge in [0.1, 0.15) is 0 Å². The van der Waals surface area contributed by atoms with E-state index < -0.39 is 10.0 Å². The Labute approximate surface area is 105 Å². The smallest absolute Gasteiger partial charge is 0.211 e. The summed E-state index contributed by atoms with van der Waals surface area (Å²) in [5, 5.41) is 3.06. The van der Waals surface area contributed by atoms with Crippen molar-refractivity contribution in [2.24, 2.45) is 5.92 Å². The molecule has 0 aromatic heterocycles. The predicted molar refractivity (Wildman–Crippen MR) is 68.5 cm³/mol. The van der Waals surface area contributed by atoms with Gasteiger partial charge in [0, 0.05) is 19.6 Å². The molecule has 0 aromatic carbocycles. The molecule has 0 spiro atoms. The van der Waals surface area contributed by atoms with E-state index in [0.29, 0.717) is 25.6 Å². The second-order valence-corrected chi connectivity index (χ2v) is 6.81. The van der Waals surface area contributed by atoms with Crippen molar-refractivity contribution in [3.63, 3.8) is 0 Å². The summed E-state index contributed by atoms with van der Waals surface area (Å²) in [4.78, 5) is 0. The summed E-state index contributed by atoms with van der Waals surface area (Å²) in [6, 6.07) is 0. The third kappa shape index (κ3) is 5.33. The van der Waals surface area contributed by atoms with Crippen LogP contribution in [0.15, 0.2) is 0 Å². The number of piperidine rings is 1. The zero-order chi connectivity index (χ0) is 12.9. The maximum absolute atomic E-state index is 11.4. The molecule has 0 aliphatic carbocycles. The standard InChI is InChI=1S/C11H24N2O3S/c1-10(7-12-2)16-9-11-5-4-6-13(8-11)17(3,14)15/h10-12H,4-9H2,1-3H3. The van der Waals surface area contributed by atoms with E-state index in [1.54, 1.807) is 4.31 Å². The first-order chi connectivity index (χ1) is 7.93. The normalized spacial score (nSPS) is 24.8. The average molecular weight is 264 g/mol. The van der Waals surface area contributed by atoms with Gasteiger partial charge in [0.05, 0.1) is 19.0 Å². The van der Waals surface area contributed by atoms with Gasteiger partial charge < -0.3 is 10.1 Å². The van der Waals surface area contributed by atoms with Crippen LogP contribution in [0.1, 0.15) is 19.8 Å². The van der Waals surface area contributed by atoms with Crippen LogP contribution in [-0.2, 0) is 14.8 Å². The Morgan fingerprint density at radius 1 is 1.53 bits per heavy atom. The highest BCUT2D eigenvalue weighted by Gasteiger charge is 2.26. The van der Waals surface area contributed by atoms with Gasteiger partial charge in [-0.1, -0.05) is 0 Å². The molecule has 1 heterocycles. The van der Waals surface area contributed by atoms with Crippen LogP contribution < -0.4 is 5.32 Å². The zero-order valence-corrected chi connectivity index (χ0v) is 11.8. The van der Waals surface area contributed by atoms with E-state index >= 15 is 0 Å². The van der Waals surface area contributed by atoms with E-state index in [9.17, 15) is 8.42 Å². The van der Waals surface area contributed by atoms with E-state index in [1.807, 2.05) is 14.0 Å². The van der Waals surface area contributed by atoms with E-state index in [0.717, 1.165) is 19.4 Å². The van der Waals surface area contributed by atoms with Crippen molar-refractivity contribution in [3.05, 3.63) is 0 Å². The van der Waals surface area contributed by atoms with Crippen LogP contribution in [0.2, 0.25) is 0 Å². The quantitative estimate of drug-likeness (QED) is 0.749. The number of nitrogens with zero attached hydrogens (tertiary/aromatic N) is 1. The minimum atomic E-state index is -3.04. The molecule has 0 amide bonds. The van der Waals surface area contributed by atoms with Gasteiger partial charge in [-0.05, 0) is 32.7 Å². The van der Waals surface area contributed by atoms with Gasteiger partial charge in [-0.2, -0.15) is 0 Å². The molecule has 1 saturated heterocycles. The molecule has 1 aliphatic rings. The topological polar surface area (TPSA) is 58.6 Å². The Kier molecular flexibility index (Phi) is 5.85. The minimum Gasteiger partial charge on any atom is -0.377 e. The van der Waals surface area contributed by atoms with Crippen LogP contribution in [0, 0.1) is 5.92 Å². The molecule has 5 nitrogen and oxygen atoms in total. The van der Waals surface area contributed by atoms with Gasteiger partial charge in [0.2, 0.25) is 10.0 Å². The van der Waals surface area contributed by atoms with Crippen LogP contribution in [0.4, 0.5) is 0 Å². The molecule has 6 heteroatoms. The number of hydrogen-bond donors (Lipinski definition) is 1. The van der Waals surface area contributed by atoms with Crippen molar-refractivity contribution in [1.29, 1.82) is 0 Å². The molecule has 0 bridgehead atoms. The molecule has 0 radical (unpaired) electrons. The highest BCUT2D eigenvalue weighted by atomic mass is 32.2. The van der Waals surface area contributed by atoms with Crippen molar-refractivity contribution in [2.45, 2.75) is 25.9 Å². The fourth-order valence-corrected chi connectivity index (χ4v) is 3.05. The number of hydrogen-bond acceptors (Lipinski definition) is 4. The molecule has 102 valence electrons. The fraction of sp³-hybridized carbons (Fsp3) is 1.00.